The van der Waals surface area contributed by atoms with Gasteiger partial charge in [0.2, 0.25) is 0 Å². The average molecular weight is 318 g/mol. The molecule has 0 radical (unpaired) electrons. The highest BCUT2D eigenvalue weighted by Crippen LogP contribution is 2.43. The standard InChI is InChI=1S/C19H30N2O2/c1-18(2,3)23-17(22)21-13-19(4,12-20)16-11-7-9-14-8-5-6-10-15(14)16/h5-6,8,10,16H,7,9,11-13,20H2,1-4H3,(H,21,22). The second-order valence-corrected chi connectivity index (χ2v) is 7.86. The molecule has 4 nitrogen and oxygen atoms in total. The Kier molecular flexibility index (Phi) is 5.35. The number of carbonyl (C=O) groups excluding carboxylic acids is 1. The first-order chi connectivity index (χ1) is 10.7. The lowest BCUT2D eigenvalue weighted by Gasteiger charge is -2.40. The van der Waals surface area contributed by atoms with Crippen LogP contribution in [-0.2, 0) is 11.2 Å². The van der Waals surface area contributed by atoms with Gasteiger partial charge in [-0.15, -0.1) is 0 Å². The third kappa shape index (κ3) is 4.47. The first-order valence-electron chi connectivity index (χ1n) is 8.50. The fourth-order valence-electron chi connectivity index (χ4n) is 3.40. The summed E-state index contributed by atoms with van der Waals surface area (Å²) in [6.07, 6.45) is 3.04. The molecule has 4 heteroatoms. The van der Waals surface area contributed by atoms with Crippen molar-refractivity contribution in [2.24, 2.45) is 11.1 Å². The smallest absolute Gasteiger partial charge is 0.407 e. The predicted molar refractivity (Wildman–Crippen MR) is 93.5 cm³/mol. The molecule has 23 heavy (non-hydrogen) atoms. The molecule has 0 fully saturated rings. The molecule has 1 aromatic carbocycles. The van der Waals surface area contributed by atoms with Crippen molar-refractivity contribution < 1.29 is 9.53 Å². The van der Waals surface area contributed by atoms with Gasteiger partial charge >= 0.3 is 6.09 Å². The molecule has 0 aromatic heterocycles. The van der Waals surface area contributed by atoms with Gasteiger partial charge in [-0.2, -0.15) is 0 Å². The number of aryl methyl sites for hydroxylation is 1. The fraction of sp³-hybridized carbons (Fsp3) is 0.632. The third-order valence-electron chi connectivity index (χ3n) is 4.71. The minimum atomic E-state index is -0.485. The monoisotopic (exact) mass is 318 g/mol. The van der Waals surface area contributed by atoms with E-state index in [4.69, 9.17) is 10.5 Å². The van der Waals surface area contributed by atoms with Crippen LogP contribution in [0.25, 0.3) is 0 Å². The molecule has 0 saturated heterocycles. The quantitative estimate of drug-likeness (QED) is 0.891. The Morgan fingerprint density at radius 3 is 2.65 bits per heavy atom. The van der Waals surface area contributed by atoms with E-state index in [1.54, 1.807) is 0 Å². The lowest BCUT2D eigenvalue weighted by molar-refractivity contribution is 0.0495. The van der Waals surface area contributed by atoms with Crippen LogP contribution in [0, 0.1) is 5.41 Å². The van der Waals surface area contributed by atoms with Gasteiger partial charge < -0.3 is 15.8 Å². The van der Waals surface area contributed by atoms with E-state index in [0.717, 1.165) is 12.8 Å². The first kappa shape index (κ1) is 17.8. The highest BCUT2D eigenvalue weighted by molar-refractivity contribution is 5.67. The van der Waals surface area contributed by atoms with Gasteiger partial charge in [-0.3, -0.25) is 0 Å². The summed E-state index contributed by atoms with van der Waals surface area (Å²) < 4.78 is 5.34. The van der Waals surface area contributed by atoms with Crippen LogP contribution in [0.15, 0.2) is 24.3 Å². The molecule has 128 valence electrons. The summed E-state index contributed by atoms with van der Waals surface area (Å²) in [5, 5.41) is 2.92. The van der Waals surface area contributed by atoms with Gasteiger partial charge in [0, 0.05) is 12.0 Å². The van der Waals surface area contributed by atoms with Crippen LogP contribution in [0.3, 0.4) is 0 Å². The van der Waals surface area contributed by atoms with Crippen LogP contribution in [0.5, 0.6) is 0 Å². The third-order valence-corrected chi connectivity index (χ3v) is 4.71. The highest BCUT2D eigenvalue weighted by atomic mass is 16.6. The highest BCUT2D eigenvalue weighted by Gasteiger charge is 2.37. The van der Waals surface area contributed by atoms with Crippen molar-refractivity contribution in [1.82, 2.24) is 5.32 Å². The molecule has 3 N–H and O–H groups in total. The summed E-state index contributed by atoms with van der Waals surface area (Å²) in [5.41, 5.74) is 8.26. The number of benzene rings is 1. The van der Waals surface area contributed by atoms with E-state index in [9.17, 15) is 4.79 Å². The second kappa shape index (κ2) is 6.91. The van der Waals surface area contributed by atoms with Gasteiger partial charge in [-0.1, -0.05) is 31.2 Å². The number of carbonyl (C=O) groups is 1. The Balaban J connectivity index is 2.11. The van der Waals surface area contributed by atoms with E-state index in [1.807, 2.05) is 20.8 Å². The Bertz CT molecular complexity index is 551. The normalized spacial score (nSPS) is 20.3. The average Bonchev–Trinajstić information content (AvgIpc) is 2.50. The molecule has 1 aliphatic carbocycles. The zero-order valence-electron chi connectivity index (χ0n) is 14.8. The Hall–Kier alpha value is -1.55. The minimum absolute atomic E-state index is 0.173. The molecule has 0 bridgehead atoms. The molecular formula is C19H30N2O2. The van der Waals surface area contributed by atoms with Crippen LogP contribution in [-0.4, -0.2) is 24.8 Å². The van der Waals surface area contributed by atoms with Gasteiger partial charge in [0.05, 0.1) is 0 Å². The largest absolute Gasteiger partial charge is 0.444 e. The van der Waals surface area contributed by atoms with Gasteiger partial charge in [0.15, 0.2) is 0 Å². The number of nitrogens with two attached hydrogens (primary N) is 1. The van der Waals surface area contributed by atoms with E-state index in [1.165, 1.54) is 17.5 Å². The second-order valence-electron chi connectivity index (χ2n) is 7.86. The number of fused-ring (bicyclic) bond motifs is 1. The molecule has 0 aliphatic heterocycles. The maximum absolute atomic E-state index is 12.0. The maximum Gasteiger partial charge on any atom is 0.407 e. The van der Waals surface area contributed by atoms with Gasteiger partial charge in [0.25, 0.3) is 0 Å². The number of alkyl carbamates (subject to hydrolysis) is 1. The molecular weight excluding hydrogens is 288 g/mol. The van der Waals surface area contributed by atoms with Crippen molar-refractivity contribution in [3.05, 3.63) is 35.4 Å². The van der Waals surface area contributed by atoms with Crippen LogP contribution >= 0.6 is 0 Å². The van der Waals surface area contributed by atoms with Crippen molar-refractivity contribution in [2.45, 2.75) is 58.5 Å². The summed E-state index contributed by atoms with van der Waals surface area (Å²) in [4.78, 5) is 12.0. The van der Waals surface area contributed by atoms with Crippen LogP contribution in [0.1, 0.15) is 57.6 Å². The maximum atomic E-state index is 12.0. The number of rotatable bonds is 4. The van der Waals surface area contributed by atoms with Crippen molar-refractivity contribution >= 4 is 6.09 Å². The Labute approximate surface area is 139 Å². The summed E-state index contributed by atoms with van der Waals surface area (Å²) >= 11 is 0. The molecule has 0 spiro atoms. The topological polar surface area (TPSA) is 64.3 Å². The van der Waals surface area contributed by atoms with Crippen molar-refractivity contribution in [2.75, 3.05) is 13.1 Å². The number of nitrogens with one attached hydrogen (secondary N) is 1. The molecule has 0 saturated carbocycles. The first-order valence-corrected chi connectivity index (χ1v) is 8.50. The van der Waals surface area contributed by atoms with E-state index in [0.29, 0.717) is 19.0 Å². The lowest BCUT2D eigenvalue weighted by Crippen LogP contribution is -2.46. The summed E-state index contributed by atoms with van der Waals surface area (Å²) in [6.45, 7) is 8.82. The van der Waals surface area contributed by atoms with E-state index < -0.39 is 5.60 Å². The van der Waals surface area contributed by atoms with Crippen molar-refractivity contribution in [1.29, 1.82) is 0 Å². The van der Waals surface area contributed by atoms with Gasteiger partial charge in [0.1, 0.15) is 5.60 Å². The zero-order chi connectivity index (χ0) is 17.1. The summed E-state index contributed by atoms with van der Waals surface area (Å²) in [6, 6.07) is 8.61. The summed E-state index contributed by atoms with van der Waals surface area (Å²) in [5.74, 6) is 0.368. The Morgan fingerprint density at radius 2 is 2.00 bits per heavy atom. The van der Waals surface area contributed by atoms with E-state index in [2.05, 4.69) is 36.5 Å². The van der Waals surface area contributed by atoms with Crippen LogP contribution < -0.4 is 11.1 Å². The Morgan fingerprint density at radius 1 is 1.30 bits per heavy atom. The molecule has 2 rings (SSSR count). The molecule has 1 aliphatic rings. The number of amides is 1. The van der Waals surface area contributed by atoms with Crippen LogP contribution in [0.2, 0.25) is 0 Å². The molecule has 0 heterocycles. The molecule has 2 unspecified atom stereocenters. The zero-order valence-corrected chi connectivity index (χ0v) is 14.8. The molecule has 1 amide bonds. The van der Waals surface area contributed by atoms with Crippen molar-refractivity contribution in [3.63, 3.8) is 0 Å². The SMILES string of the molecule is CC(C)(C)OC(=O)NCC(C)(CN)C1CCCc2ccccc21. The fourth-order valence-corrected chi connectivity index (χ4v) is 3.40. The van der Waals surface area contributed by atoms with E-state index >= 15 is 0 Å². The predicted octanol–water partition coefficient (Wildman–Crippen LogP) is 3.60. The van der Waals surface area contributed by atoms with Crippen LogP contribution in [0.4, 0.5) is 4.79 Å². The lowest BCUT2D eigenvalue weighted by atomic mass is 9.67. The molecule has 1 aromatic rings. The molecule has 2 atom stereocenters. The van der Waals surface area contributed by atoms with E-state index in [-0.39, 0.29) is 11.5 Å². The van der Waals surface area contributed by atoms with Gasteiger partial charge in [-0.05, 0) is 63.6 Å². The number of hydrogen-bond acceptors (Lipinski definition) is 3. The minimum Gasteiger partial charge on any atom is -0.444 e. The number of ether oxygens (including phenoxy) is 1. The number of hydrogen-bond donors (Lipinski definition) is 2. The van der Waals surface area contributed by atoms with Crippen molar-refractivity contribution in [3.8, 4) is 0 Å². The summed E-state index contributed by atoms with van der Waals surface area (Å²) in [7, 11) is 0. The van der Waals surface area contributed by atoms with Gasteiger partial charge in [-0.25, -0.2) is 4.79 Å².